The summed E-state index contributed by atoms with van der Waals surface area (Å²) < 4.78 is 5.52. The molecule has 1 N–H and O–H groups in total. The fourth-order valence-corrected chi connectivity index (χ4v) is 1.71. The molecule has 1 saturated heterocycles. The molecule has 0 aromatic rings. The van der Waals surface area contributed by atoms with E-state index in [1.165, 1.54) is 0 Å². The van der Waals surface area contributed by atoms with Crippen LogP contribution in [0.3, 0.4) is 0 Å². The average molecular weight is 172 g/mol. The molecule has 1 heterocycles. The van der Waals surface area contributed by atoms with Crippen molar-refractivity contribution in [3.05, 3.63) is 0 Å². The van der Waals surface area contributed by atoms with E-state index in [1.807, 2.05) is 13.8 Å². The third-order valence-electron chi connectivity index (χ3n) is 2.39. The van der Waals surface area contributed by atoms with Crippen LogP contribution in [0.4, 0.5) is 0 Å². The minimum absolute atomic E-state index is 0.286. The minimum atomic E-state index is -0.970. The normalized spacial score (nSPS) is 34.6. The Kier molecular flexibility index (Phi) is 2.17. The smallest absolute Gasteiger partial charge is 0.335 e. The van der Waals surface area contributed by atoms with Gasteiger partial charge >= 0.3 is 5.97 Å². The predicted octanol–water partition coefficient (Wildman–Crippen LogP) is 1.81. The number of aliphatic carboxylic acids is 1. The summed E-state index contributed by atoms with van der Waals surface area (Å²) in [4.78, 5) is 10.8. The first-order valence-corrected chi connectivity index (χ1v) is 4.29. The lowest BCUT2D eigenvalue weighted by molar-refractivity contribution is -0.197. The van der Waals surface area contributed by atoms with E-state index in [4.69, 9.17) is 9.84 Å². The van der Waals surface area contributed by atoms with Crippen molar-refractivity contribution in [1.29, 1.82) is 0 Å². The van der Waals surface area contributed by atoms with Crippen LogP contribution in [0, 0.1) is 0 Å². The molecule has 12 heavy (non-hydrogen) atoms. The van der Waals surface area contributed by atoms with Crippen LogP contribution in [0.5, 0.6) is 0 Å². The molecule has 1 fully saturated rings. The highest BCUT2D eigenvalue weighted by Gasteiger charge is 2.42. The summed E-state index contributed by atoms with van der Waals surface area (Å²) in [5, 5.41) is 8.90. The molecule has 0 saturated carbocycles. The van der Waals surface area contributed by atoms with Gasteiger partial charge in [0, 0.05) is 0 Å². The molecule has 1 atom stereocenters. The Bertz CT molecular complexity index is 198. The van der Waals surface area contributed by atoms with Crippen molar-refractivity contribution in [1.82, 2.24) is 0 Å². The van der Waals surface area contributed by atoms with Crippen LogP contribution in [0.1, 0.15) is 40.0 Å². The molecule has 3 nitrogen and oxygen atoms in total. The first kappa shape index (κ1) is 9.52. The van der Waals surface area contributed by atoms with Gasteiger partial charge in [0.05, 0.1) is 5.60 Å². The highest BCUT2D eigenvalue weighted by atomic mass is 16.5. The van der Waals surface area contributed by atoms with Crippen LogP contribution in [-0.2, 0) is 9.53 Å². The van der Waals surface area contributed by atoms with Gasteiger partial charge in [-0.1, -0.05) is 0 Å². The van der Waals surface area contributed by atoms with Gasteiger partial charge in [0.2, 0.25) is 0 Å². The molecule has 0 amide bonds. The van der Waals surface area contributed by atoms with Gasteiger partial charge in [-0.25, -0.2) is 4.79 Å². The molecule has 70 valence electrons. The number of hydrogen-bond acceptors (Lipinski definition) is 2. The van der Waals surface area contributed by atoms with Crippen molar-refractivity contribution < 1.29 is 14.6 Å². The minimum Gasteiger partial charge on any atom is -0.479 e. The molecule has 0 radical (unpaired) electrons. The van der Waals surface area contributed by atoms with E-state index in [1.54, 1.807) is 6.92 Å². The van der Waals surface area contributed by atoms with Crippen molar-refractivity contribution in [2.45, 2.75) is 51.2 Å². The maximum Gasteiger partial charge on any atom is 0.335 e. The van der Waals surface area contributed by atoms with Gasteiger partial charge in [0.25, 0.3) is 0 Å². The van der Waals surface area contributed by atoms with E-state index in [2.05, 4.69) is 0 Å². The lowest BCUT2D eigenvalue weighted by Gasteiger charge is -2.40. The van der Waals surface area contributed by atoms with E-state index in [0.717, 1.165) is 12.8 Å². The average Bonchev–Trinajstić information content (AvgIpc) is 1.83. The Morgan fingerprint density at radius 3 is 2.25 bits per heavy atom. The molecule has 0 aromatic heterocycles. The highest BCUT2D eigenvalue weighted by molar-refractivity contribution is 5.77. The van der Waals surface area contributed by atoms with Crippen LogP contribution in [0.15, 0.2) is 0 Å². The number of hydrogen-bond donors (Lipinski definition) is 1. The number of rotatable bonds is 1. The summed E-state index contributed by atoms with van der Waals surface area (Å²) >= 11 is 0. The van der Waals surface area contributed by atoms with Gasteiger partial charge < -0.3 is 9.84 Å². The van der Waals surface area contributed by atoms with Gasteiger partial charge in [-0.2, -0.15) is 0 Å². The van der Waals surface area contributed by atoms with Gasteiger partial charge in [0.1, 0.15) is 0 Å². The summed E-state index contributed by atoms with van der Waals surface area (Å²) in [6.07, 6.45) is 2.48. The first-order chi connectivity index (χ1) is 5.36. The van der Waals surface area contributed by atoms with E-state index < -0.39 is 11.6 Å². The summed E-state index contributed by atoms with van der Waals surface area (Å²) in [6.45, 7) is 5.52. The second-order valence-electron chi connectivity index (χ2n) is 4.25. The Morgan fingerprint density at radius 2 is 1.92 bits per heavy atom. The number of carbonyl (C=O) groups is 1. The van der Waals surface area contributed by atoms with Gasteiger partial charge in [-0.3, -0.25) is 0 Å². The molecule has 0 bridgehead atoms. The molecule has 0 unspecified atom stereocenters. The zero-order chi connectivity index (χ0) is 9.41. The van der Waals surface area contributed by atoms with Crippen LogP contribution >= 0.6 is 0 Å². The largest absolute Gasteiger partial charge is 0.479 e. The van der Waals surface area contributed by atoms with Crippen LogP contribution < -0.4 is 0 Å². The molecule has 0 spiro atoms. The number of ether oxygens (including phenoxy) is 1. The Morgan fingerprint density at radius 1 is 1.33 bits per heavy atom. The monoisotopic (exact) mass is 172 g/mol. The second-order valence-corrected chi connectivity index (χ2v) is 4.25. The van der Waals surface area contributed by atoms with Gasteiger partial charge in [-0.15, -0.1) is 0 Å². The lowest BCUT2D eigenvalue weighted by Crippen LogP contribution is -2.48. The number of carboxylic acids is 1. The van der Waals surface area contributed by atoms with Crippen molar-refractivity contribution in [3.63, 3.8) is 0 Å². The van der Waals surface area contributed by atoms with Crippen molar-refractivity contribution >= 4 is 5.97 Å². The van der Waals surface area contributed by atoms with Crippen molar-refractivity contribution in [2.75, 3.05) is 0 Å². The van der Waals surface area contributed by atoms with Crippen LogP contribution in [0.2, 0.25) is 0 Å². The number of carboxylic acid groups (broad SMARTS) is 1. The Labute approximate surface area is 72.7 Å². The van der Waals surface area contributed by atoms with Crippen molar-refractivity contribution in [2.24, 2.45) is 0 Å². The summed E-state index contributed by atoms with van der Waals surface area (Å²) in [6, 6.07) is 0. The lowest BCUT2D eigenvalue weighted by atomic mass is 9.88. The highest BCUT2D eigenvalue weighted by Crippen LogP contribution is 2.34. The van der Waals surface area contributed by atoms with Crippen LogP contribution in [0.25, 0.3) is 0 Å². The standard InChI is InChI=1S/C9H16O3/c1-8(2)5-4-6-9(3,12-8)7(10)11/h4-6H2,1-3H3,(H,10,11)/t9-/m0/s1. The summed E-state index contributed by atoms with van der Waals surface area (Å²) in [5.74, 6) is -0.852. The molecule has 0 aromatic carbocycles. The zero-order valence-electron chi connectivity index (χ0n) is 7.89. The predicted molar refractivity (Wildman–Crippen MR) is 45.1 cm³/mol. The summed E-state index contributed by atoms with van der Waals surface area (Å²) in [7, 11) is 0. The molecule has 1 aliphatic rings. The molecule has 3 heteroatoms. The molecule has 1 aliphatic heterocycles. The quantitative estimate of drug-likeness (QED) is 0.656. The molecular weight excluding hydrogens is 156 g/mol. The second kappa shape index (κ2) is 2.73. The third-order valence-corrected chi connectivity index (χ3v) is 2.39. The third kappa shape index (κ3) is 1.78. The Hall–Kier alpha value is -0.570. The SMILES string of the molecule is CC1(C)CCC[C@@](C)(C(=O)O)O1. The van der Waals surface area contributed by atoms with Crippen LogP contribution in [-0.4, -0.2) is 22.3 Å². The van der Waals surface area contributed by atoms with E-state index >= 15 is 0 Å². The van der Waals surface area contributed by atoms with E-state index in [0.29, 0.717) is 6.42 Å². The van der Waals surface area contributed by atoms with Gasteiger partial charge in [-0.05, 0) is 40.0 Å². The Balaban J connectivity index is 2.74. The van der Waals surface area contributed by atoms with Gasteiger partial charge in [0.15, 0.2) is 5.60 Å². The summed E-state index contributed by atoms with van der Waals surface area (Å²) in [5.41, 5.74) is -1.26. The molecular formula is C9H16O3. The molecule has 1 rings (SSSR count). The zero-order valence-corrected chi connectivity index (χ0v) is 7.89. The van der Waals surface area contributed by atoms with E-state index in [-0.39, 0.29) is 5.60 Å². The van der Waals surface area contributed by atoms with E-state index in [9.17, 15) is 4.79 Å². The fraction of sp³-hybridized carbons (Fsp3) is 0.889. The maximum atomic E-state index is 10.8. The van der Waals surface area contributed by atoms with Crippen molar-refractivity contribution in [3.8, 4) is 0 Å². The molecule has 0 aliphatic carbocycles. The fourth-order valence-electron chi connectivity index (χ4n) is 1.71. The topological polar surface area (TPSA) is 46.5 Å². The first-order valence-electron chi connectivity index (χ1n) is 4.29. The maximum absolute atomic E-state index is 10.8.